The third-order valence-corrected chi connectivity index (χ3v) is 7.89. The topological polar surface area (TPSA) is 65.2 Å². The molecule has 0 aromatic carbocycles. The molecule has 0 spiro atoms. The van der Waals surface area contributed by atoms with Crippen LogP contribution in [-0.4, -0.2) is 23.2 Å². The normalized spacial score (nSPS) is 28.2. The average Bonchev–Trinajstić information content (AvgIpc) is 3.53. The number of rotatable bonds is 5. The Balaban J connectivity index is 1.48. The number of esters is 1. The van der Waals surface area contributed by atoms with Crippen LogP contribution in [0.2, 0.25) is 10.0 Å². The van der Waals surface area contributed by atoms with E-state index in [4.69, 9.17) is 32.5 Å². The molecule has 4 aliphatic carbocycles. The highest BCUT2D eigenvalue weighted by atomic mass is 35.5. The number of allylic oxidation sites excluding steroid dienone is 1. The van der Waals surface area contributed by atoms with Crippen molar-refractivity contribution in [2.45, 2.75) is 57.3 Å². The van der Waals surface area contributed by atoms with Crippen molar-refractivity contribution in [2.24, 2.45) is 10.8 Å². The van der Waals surface area contributed by atoms with Crippen LogP contribution in [0.4, 0.5) is 0 Å². The molecule has 158 valence electrons. The Morgan fingerprint density at radius 3 is 2.33 bits per heavy atom. The summed E-state index contributed by atoms with van der Waals surface area (Å²) in [5.74, 6) is 1.28. The zero-order chi connectivity index (χ0) is 20.9. The van der Waals surface area contributed by atoms with Crippen LogP contribution in [-0.2, 0) is 9.53 Å². The van der Waals surface area contributed by atoms with Gasteiger partial charge in [-0.1, -0.05) is 40.5 Å². The second kappa shape index (κ2) is 7.38. The first-order valence-corrected chi connectivity index (χ1v) is 11.3. The molecule has 30 heavy (non-hydrogen) atoms. The molecule has 2 bridgehead atoms. The minimum atomic E-state index is -0.274. The number of pyridine rings is 1. The average molecular weight is 447 g/mol. The van der Waals surface area contributed by atoms with Gasteiger partial charge in [-0.15, -0.1) is 0 Å². The minimum absolute atomic E-state index is 0.0425. The van der Waals surface area contributed by atoms with Gasteiger partial charge in [0.1, 0.15) is 11.5 Å². The summed E-state index contributed by atoms with van der Waals surface area (Å²) in [5, 5.41) is 5.28. The van der Waals surface area contributed by atoms with Crippen LogP contribution in [0.3, 0.4) is 0 Å². The summed E-state index contributed by atoms with van der Waals surface area (Å²) in [6, 6.07) is 0. The number of carbonyl (C=O) groups excluding carboxylic acids is 1. The highest BCUT2D eigenvalue weighted by Gasteiger charge is 2.52. The third kappa shape index (κ3) is 3.27. The van der Waals surface area contributed by atoms with Gasteiger partial charge in [-0.2, -0.15) is 0 Å². The van der Waals surface area contributed by atoms with E-state index in [2.05, 4.69) is 22.3 Å². The zero-order valence-corrected chi connectivity index (χ0v) is 18.4. The minimum Gasteiger partial charge on any atom is -0.469 e. The van der Waals surface area contributed by atoms with E-state index in [1.165, 1.54) is 7.11 Å². The van der Waals surface area contributed by atoms with E-state index in [0.29, 0.717) is 27.2 Å². The van der Waals surface area contributed by atoms with E-state index in [0.717, 1.165) is 62.7 Å². The lowest BCUT2D eigenvalue weighted by Crippen LogP contribution is -2.45. The van der Waals surface area contributed by atoms with Crippen molar-refractivity contribution in [3.63, 3.8) is 0 Å². The fourth-order valence-corrected chi connectivity index (χ4v) is 5.72. The van der Waals surface area contributed by atoms with Gasteiger partial charge >= 0.3 is 5.97 Å². The number of hydrogen-bond acceptors (Lipinski definition) is 5. The Hall–Kier alpha value is -1.85. The van der Waals surface area contributed by atoms with Crippen LogP contribution >= 0.6 is 23.2 Å². The monoisotopic (exact) mass is 446 g/mol. The second-order valence-electron chi connectivity index (χ2n) is 9.03. The van der Waals surface area contributed by atoms with E-state index in [-0.39, 0.29) is 16.8 Å². The van der Waals surface area contributed by atoms with Crippen molar-refractivity contribution < 1.29 is 14.1 Å². The van der Waals surface area contributed by atoms with E-state index in [1.807, 2.05) is 0 Å². The molecule has 2 heterocycles. The molecule has 0 N–H and O–H groups in total. The molecular formula is C23H24Cl2N2O3. The Bertz CT molecular complexity index is 981. The number of ether oxygens (including phenoxy) is 1. The molecular weight excluding hydrogens is 423 g/mol. The summed E-state index contributed by atoms with van der Waals surface area (Å²) < 4.78 is 10.9. The standard InChI is InChI=1S/C23H24Cl2N2O3/c1-29-21(28)23-9-6-22(7-10-23,8-11-23)5-4-15-19(27-30-20(15)14-2-3-14)18-16(24)12-26-13-17(18)25/h4-5,12-14H,2-3,6-11H2,1H3/b5-4+. The molecule has 0 aliphatic heterocycles. The van der Waals surface area contributed by atoms with Crippen LogP contribution in [0, 0.1) is 10.8 Å². The maximum atomic E-state index is 12.3. The molecule has 5 nitrogen and oxygen atoms in total. The first kappa shape index (κ1) is 20.1. The zero-order valence-electron chi connectivity index (χ0n) is 16.9. The Kier molecular flexibility index (Phi) is 4.94. The van der Waals surface area contributed by atoms with Gasteiger partial charge in [-0.05, 0) is 56.8 Å². The predicted molar refractivity (Wildman–Crippen MR) is 115 cm³/mol. The summed E-state index contributed by atoms with van der Waals surface area (Å²) in [6.07, 6.45) is 15.5. The fraction of sp³-hybridized carbons (Fsp3) is 0.522. The van der Waals surface area contributed by atoms with Crippen molar-refractivity contribution in [1.29, 1.82) is 0 Å². The molecule has 0 atom stereocenters. The molecule has 4 aliphatic rings. The van der Waals surface area contributed by atoms with Crippen LogP contribution in [0.1, 0.15) is 68.6 Å². The smallest absolute Gasteiger partial charge is 0.311 e. The molecule has 0 radical (unpaired) electrons. The van der Waals surface area contributed by atoms with Gasteiger partial charge in [0, 0.05) is 29.4 Å². The van der Waals surface area contributed by atoms with Crippen molar-refractivity contribution in [3.8, 4) is 11.3 Å². The van der Waals surface area contributed by atoms with Gasteiger partial charge < -0.3 is 9.26 Å². The summed E-state index contributed by atoms with van der Waals surface area (Å²) in [6.45, 7) is 0. The summed E-state index contributed by atoms with van der Waals surface area (Å²) in [5.41, 5.74) is 2.15. The van der Waals surface area contributed by atoms with Crippen LogP contribution < -0.4 is 0 Å². The molecule has 0 amide bonds. The summed E-state index contributed by atoms with van der Waals surface area (Å²) >= 11 is 12.8. The van der Waals surface area contributed by atoms with Crippen LogP contribution in [0.15, 0.2) is 23.0 Å². The quantitative estimate of drug-likeness (QED) is 0.493. The number of carbonyl (C=O) groups is 1. The molecule has 4 saturated carbocycles. The van der Waals surface area contributed by atoms with Crippen molar-refractivity contribution in [3.05, 3.63) is 39.8 Å². The lowest BCUT2D eigenvalue weighted by atomic mass is 9.53. The molecule has 7 heteroatoms. The molecule has 2 aromatic rings. The van der Waals surface area contributed by atoms with E-state index < -0.39 is 0 Å². The van der Waals surface area contributed by atoms with Gasteiger partial charge in [0.2, 0.25) is 0 Å². The van der Waals surface area contributed by atoms with Crippen LogP contribution in [0.25, 0.3) is 17.3 Å². The third-order valence-electron chi connectivity index (χ3n) is 7.32. The Morgan fingerprint density at radius 2 is 1.77 bits per heavy atom. The number of halogens is 2. The van der Waals surface area contributed by atoms with Crippen molar-refractivity contribution >= 4 is 35.2 Å². The lowest BCUT2D eigenvalue weighted by molar-refractivity contribution is -0.161. The maximum absolute atomic E-state index is 12.3. The molecule has 2 aromatic heterocycles. The Labute approximate surface area is 185 Å². The molecule has 0 unspecified atom stereocenters. The molecule has 0 saturated heterocycles. The first-order valence-electron chi connectivity index (χ1n) is 10.5. The maximum Gasteiger partial charge on any atom is 0.311 e. The lowest BCUT2D eigenvalue weighted by Gasteiger charge is -2.50. The number of hydrogen-bond donors (Lipinski definition) is 0. The summed E-state index contributed by atoms with van der Waals surface area (Å²) in [4.78, 5) is 16.3. The Morgan fingerprint density at radius 1 is 1.13 bits per heavy atom. The van der Waals surface area contributed by atoms with E-state index in [1.54, 1.807) is 12.4 Å². The summed E-state index contributed by atoms with van der Waals surface area (Å²) in [7, 11) is 1.50. The molecule has 6 rings (SSSR count). The number of methoxy groups -OCH3 is 1. The highest BCUT2D eigenvalue weighted by molar-refractivity contribution is 6.39. The van der Waals surface area contributed by atoms with Gasteiger partial charge in [0.15, 0.2) is 0 Å². The van der Waals surface area contributed by atoms with Gasteiger partial charge in [-0.25, -0.2) is 0 Å². The van der Waals surface area contributed by atoms with Crippen molar-refractivity contribution in [1.82, 2.24) is 10.1 Å². The van der Waals surface area contributed by atoms with Crippen LogP contribution in [0.5, 0.6) is 0 Å². The SMILES string of the molecule is COC(=O)C12CCC(/C=C/c3c(-c4c(Cl)cncc4Cl)noc3C3CC3)(CC1)CC2. The number of aromatic nitrogens is 2. The highest BCUT2D eigenvalue weighted by Crippen LogP contribution is 2.58. The fourth-order valence-electron chi connectivity index (χ4n) is 5.18. The second-order valence-corrected chi connectivity index (χ2v) is 9.84. The van der Waals surface area contributed by atoms with Crippen molar-refractivity contribution in [2.75, 3.05) is 7.11 Å². The van der Waals surface area contributed by atoms with Gasteiger partial charge in [0.05, 0.1) is 22.6 Å². The first-order chi connectivity index (χ1) is 14.5. The largest absolute Gasteiger partial charge is 0.469 e. The van der Waals surface area contributed by atoms with E-state index in [9.17, 15) is 4.79 Å². The van der Waals surface area contributed by atoms with E-state index >= 15 is 0 Å². The molecule has 4 fully saturated rings. The van der Waals surface area contributed by atoms with Gasteiger partial charge in [0.25, 0.3) is 0 Å². The van der Waals surface area contributed by atoms with Gasteiger partial charge in [-0.3, -0.25) is 9.78 Å². The number of nitrogens with zero attached hydrogens (tertiary/aromatic N) is 2. The number of fused-ring (bicyclic) bond motifs is 3. The predicted octanol–water partition coefficient (Wildman–Crippen LogP) is 6.45.